The van der Waals surface area contributed by atoms with E-state index in [2.05, 4.69) is 30.4 Å². The van der Waals surface area contributed by atoms with Gasteiger partial charge in [-0.25, -0.2) is 0 Å². The predicted molar refractivity (Wildman–Crippen MR) is 64.1 cm³/mol. The summed E-state index contributed by atoms with van der Waals surface area (Å²) in [6.07, 6.45) is 2.52. The van der Waals surface area contributed by atoms with Gasteiger partial charge in [0, 0.05) is 12.1 Å². The summed E-state index contributed by atoms with van der Waals surface area (Å²) in [6.45, 7) is 6.12. The minimum absolute atomic E-state index is 0.140. The number of fused-ring (bicyclic) bond motifs is 1. The van der Waals surface area contributed by atoms with E-state index in [0.717, 1.165) is 18.5 Å². The summed E-state index contributed by atoms with van der Waals surface area (Å²) in [5.41, 5.74) is 3.55. The Bertz CT molecular complexity index is 344. The molecule has 1 N–H and O–H groups in total. The fourth-order valence-corrected chi connectivity index (χ4v) is 1.64. The zero-order valence-corrected chi connectivity index (χ0v) is 9.76. The zero-order chi connectivity index (χ0) is 11.3. The Hall–Kier alpha value is -1.31. The largest absolute Gasteiger partial charge is 0.326 e. The van der Waals surface area contributed by atoms with Crippen molar-refractivity contribution < 1.29 is 4.79 Å². The van der Waals surface area contributed by atoms with Crippen LogP contribution >= 0.6 is 0 Å². The van der Waals surface area contributed by atoms with Gasteiger partial charge in [0.1, 0.15) is 0 Å². The maximum Gasteiger partial charge on any atom is 0.224 e. The molecule has 0 saturated carbocycles. The molecule has 0 fully saturated rings. The molecular weight excluding hydrogens is 186 g/mol. The van der Waals surface area contributed by atoms with E-state index in [1.807, 2.05) is 13.8 Å². The van der Waals surface area contributed by atoms with E-state index >= 15 is 0 Å². The zero-order valence-electron chi connectivity index (χ0n) is 9.76. The standard InChI is InChI=1S/C11H13NO.C2H6/c1-2-8-3-4-9-5-6-11(13)12-10(9)7-8;1-2/h3-4,7H,2,5-6H2,1H3,(H,12,13);1-2H3. The molecular formula is C13H19NO. The molecule has 0 unspecified atom stereocenters. The topological polar surface area (TPSA) is 29.1 Å². The average Bonchev–Trinajstić information content (AvgIpc) is 2.30. The maximum atomic E-state index is 11.1. The second-order valence-corrected chi connectivity index (χ2v) is 3.39. The lowest BCUT2D eigenvalue weighted by Gasteiger charge is -2.17. The summed E-state index contributed by atoms with van der Waals surface area (Å²) in [5, 5.41) is 2.90. The van der Waals surface area contributed by atoms with Gasteiger partial charge in [0.25, 0.3) is 0 Å². The van der Waals surface area contributed by atoms with Crippen LogP contribution in [0.15, 0.2) is 18.2 Å². The normalized spacial score (nSPS) is 13.4. The van der Waals surface area contributed by atoms with Crippen LogP contribution in [0.2, 0.25) is 0 Å². The molecule has 1 aromatic carbocycles. The molecule has 2 heteroatoms. The summed E-state index contributed by atoms with van der Waals surface area (Å²) < 4.78 is 0. The Morgan fingerprint density at radius 1 is 1.27 bits per heavy atom. The van der Waals surface area contributed by atoms with Crippen molar-refractivity contribution in [3.63, 3.8) is 0 Å². The van der Waals surface area contributed by atoms with Gasteiger partial charge in [-0.2, -0.15) is 0 Å². The van der Waals surface area contributed by atoms with Gasteiger partial charge in [-0.1, -0.05) is 32.9 Å². The van der Waals surface area contributed by atoms with Crippen LogP contribution in [0.1, 0.15) is 38.3 Å². The Morgan fingerprint density at radius 2 is 2.00 bits per heavy atom. The highest BCUT2D eigenvalue weighted by Crippen LogP contribution is 2.23. The molecule has 0 aliphatic carbocycles. The van der Waals surface area contributed by atoms with Gasteiger partial charge < -0.3 is 5.32 Å². The molecule has 82 valence electrons. The molecule has 2 rings (SSSR count). The highest BCUT2D eigenvalue weighted by molar-refractivity contribution is 5.93. The van der Waals surface area contributed by atoms with Crippen LogP contribution in [0, 0.1) is 0 Å². The number of amides is 1. The predicted octanol–water partition coefficient (Wildman–Crippen LogP) is 3.16. The van der Waals surface area contributed by atoms with Crippen LogP contribution in [-0.2, 0) is 17.6 Å². The number of aryl methyl sites for hydroxylation is 2. The molecule has 0 aromatic heterocycles. The third-order valence-electron chi connectivity index (χ3n) is 2.48. The van der Waals surface area contributed by atoms with Gasteiger partial charge in [-0.15, -0.1) is 0 Å². The number of hydrogen-bond acceptors (Lipinski definition) is 1. The van der Waals surface area contributed by atoms with Crippen molar-refractivity contribution in [2.75, 3.05) is 5.32 Å². The number of carbonyl (C=O) groups is 1. The van der Waals surface area contributed by atoms with Gasteiger partial charge >= 0.3 is 0 Å². The molecule has 1 aliphatic rings. The number of nitrogens with one attached hydrogen (secondary N) is 1. The first kappa shape index (κ1) is 11.8. The van der Waals surface area contributed by atoms with E-state index in [4.69, 9.17) is 0 Å². The average molecular weight is 205 g/mol. The first-order valence-electron chi connectivity index (χ1n) is 5.71. The van der Waals surface area contributed by atoms with E-state index in [1.54, 1.807) is 0 Å². The van der Waals surface area contributed by atoms with Crippen molar-refractivity contribution >= 4 is 11.6 Å². The number of benzene rings is 1. The van der Waals surface area contributed by atoms with Crippen molar-refractivity contribution in [1.29, 1.82) is 0 Å². The van der Waals surface area contributed by atoms with Crippen molar-refractivity contribution in [3.05, 3.63) is 29.3 Å². The van der Waals surface area contributed by atoms with Gasteiger partial charge in [-0.3, -0.25) is 4.79 Å². The van der Waals surface area contributed by atoms with Crippen molar-refractivity contribution in [2.24, 2.45) is 0 Å². The van der Waals surface area contributed by atoms with E-state index in [1.165, 1.54) is 11.1 Å². The maximum absolute atomic E-state index is 11.1. The highest BCUT2D eigenvalue weighted by atomic mass is 16.1. The molecule has 1 heterocycles. The third kappa shape index (κ3) is 2.82. The third-order valence-corrected chi connectivity index (χ3v) is 2.48. The lowest BCUT2D eigenvalue weighted by molar-refractivity contribution is -0.116. The second kappa shape index (κ2) is 5.54. The molecule has 1 aromatic rings. The Balaban J connectivity index is 0.000000531. The molecule has 0 atom stereocenters. The number of anilines is 1. The summed E-state index contributed by atoms with van der Waals surface area (Å²) in [6, 6.07) is 6.33. The quantitative estimate of drug-likeness (QED) is 0.749. The Morgan fingerprint density at radius 3 is 2.67 bits per heavy atom. The lowest BCUT2D eigenvalue weighted by atomic mass is 10.0. The van der Waals surface area contributed by atoms with Gasteiger partial charge in [0.05, 0.1) is 0 Å². The van der Waals surface area contributed by atoms with Crippen molar-refractivity contribution in [3.8, 4) is 0 Å². The Kier molecular flexibility index (Phi) is 4.35. The molecule has 0 radical (unpaired) electrons. The van der Waals surface area contributed by atoms with Crippen LogP contribution < -0.4 is 5.32 Å². The minimum Gasteiger partial charge on any atom is -0.326 e. The summed E-state index contributed by atoms with van der Waals surface area (Å²) in [7, 11) is 0. The molecule has 1 aliphatic heterocycles. The molecule has 15 heavy (non-hydrogen) atoms. The SMILES string of the molecule is CC.CCc1ccc2c(c1)NC(=O)CC2. The van der Waals surface area contributed by atoms with E-state index in [-0.39, 0.29) is 5.91 Å². The van der Waals surface area contributed by atoms with Crippen LogP contribution in [0.4, 0.5) is 5.69 Å². The number of hydrogen-bond donors (Lipinski definition) is 1. The highest BCUT2D eigenvalue weighted by Gasteiger charge is 2.13. The summed E-state index contributed by atoms with van der Waals surface area (Å²) in [4.78, 5) is 11.1. The number of carbonyl (C=O) groups excluding carboxylic acids is 1. The van der Waals surface area contributed by atoms with E-state index in [9.17, 15) is 4.79 Å². The molecule has 0 spiro atoms. The van der Waals surface area contributed by atoms with Crippen LogP contribution in [0.3, 0.4) is 0 Å². The van der Waals surface area contributed by atoms with Gasteiger partial charge in [-0.05, 0) is 30.0 Å². The minimum atomic E-state index is 0.140. The van der Waals surface area contributed by atoms with E-state index in [0.29, 0.717) is 6.42 Å². The smallest absolute Gasteiger partial charge is 0.224 e. The first-order valence-corrected chi connectivity index (χ1v) is 5.71. The molecule has 0 bridgehead atoms. The molecule has 2 nitrogen and oxygen atoms in total. The first-order chi connectivity index (χ1) is 7.29. The van der Waals surface area contributed by atoms with Crippen molar-refractivity contribution in [1.82, 2.24) is 0 Å². The summed E-state index contributed by atoms with van der Waals surface area (Å²) in [5.74, 6) is 0.140. The Labute approximate surface area is 91.7 Å². The van der Waals surface area contributed by atoms with Gasteiger partial charge in [0.2, 0.25) is 5.91 Å². The molecule has 0 saturated heterocycles. The fourth-order valence-electron chi connectivity index (χ4n) is 1.64. The second-order valence-electron chi connectivity index (χ2n) is 3.39. The molecule has 1 amide bonds. The van der Waals surface area contributed by atoms with Crippen molar-refractivity contribution in [2.45, 2.75) is 40.0 Å². The van der Waals surface area contributed by atoms with Crippen LogP contribution in [-0.4, -0.2) is 5.91 Å². The van der Waals surface area contributed by atoms with Crippen LogP contribution in [0.5, 0.6) is 0 Å². The number of rotatable bonds is 1. The van der Waals surface area contributed by atoms with E-state index < -0.39 is 0 Å². The van der Waals surface area contributed by atoms with Gasteiger partial charge in [0.15, 0.2) is 0 Å². The summed E-state index contributed by atoms with van der Waals surface area (Å²) >= 11 is 0. The van der Waals surface area contributed by atoms with Crippen LogP contribution in [0.25, 0.3) is 0 Å². The fraction of sp³-hybridized carbons (Fsp3) is 0.462. The lowest BCUT2D eigenvalue weighted by Crippen LogP contribution is -2.18. The monoisotopic (exact) mass is 205 g/mol.